The molecule has 1 unspecified atom stereocenters. The van der Waals surface area contributed by atoms with Crippen LogP contribution in [0, 0.1) is 0 Å². The van der Waals surface area contributed by atoms with Crippen molar-refractivity contribution in [2.24, 2.45) is 0 Å². The molecule has 1 aromatic carbocycles. The second kappa shape index (κ2) is 5.92. The van der Waals surface area contributed by atoms with E-state index in [4.69, 9.17) is 17.3 Å². The van der Waals surface area contributed by atoms with Gasteiger partial charge < -0.3 is 5.73 Å². The molecule has 14 heavy (non-hydrogen) atoms. The van der Waals surface area contributed by atoms with Gasteiger partial charge in [-0.05, 0) is 30.5 Å². The van der Waals surface area contributed by atoms with E-state index in [-0.39, 0.29) is 5.38 Å². The first-order valence-electron chi connectivity index (χ1n) is 5.21. The molecule has 0 spiro atoms. The number of alkyl halides is 1. The lowest BCUT2D eigenvalue weighted by molar-refractivity contribution is 0.674. The van der Waals surface area contributed by atoms with Crippen LogP contribution in [-0.2, 0) is 6.42 Å². The van der Waals surface area contributed by atoms with E-state index in [1.165, 1.54) is 18.4 Å². The van der Waals surface area contributed by atoms with Crippen molar-refractivity contribution in [1.82, 2.24) is 0 Å². The Morgan fingerprint density at radius 2 is 1.93 bits per heavy atom. The van der Waals surface area contributed by atoms with Gasteiger partial charge in [0.25, 0.3) is 0 Å². The van der Waals surface area contributed by atoms with Gasteiger partial charge in [0.1, 0.15) is 0 Å². The van der Waals surface area contributed by atoms with E-state index in [2.05, 4.69) is 19.1 Å². The van der Waals surface area contributed by atoms with Gasteiger partial charge in [-0.25, -0.2) is 0 Å². The summed E-state index contributed by atoms with van der Waals surface area (Å²) in [4.78, 5) is 0. The van der Waals surface area contributed by atoms with Gasteiger partial charge in [-0.2, -0.15) is 0 Å². The number of hydrogen-bond acceptors (Lipinski definition) is 1. The van der Waals surface area contributed by atoms with Crippen molar-refractivity contribution in [2.75, 3.05) is 5.73 Å². The van der Waals surface area contributed by atoms with Gasteiger partial charge in [-0.15, -0.1) is 11.6 Å². The summed E-state index contributed by atoms with van der Waals surface area (Å²) in [5.74, 6) is 0. The van der Waals surface area contributed by atoms with Crippen LogP contribution >= 0.6 is 11.6 Å². The maximum absolute atomic E-state index is 6.20. The zero-order valence-electron chi connectivity index (χ0n) is 8.67. The van der Waals surface area contributed by atoms with Gasteiger partial charge >= 0.3 is 0 Å². The lowest BCUT2D eigenvalue weighted by Gasteiger charge is -2.08. The molecule has 78 valence electrons. The highest BCUT2D eigenvalue weighted by Crippen LogP contribution is 2.15. The molecule has 2 N–H and O–H groups in total. The number of unbranched alkanes of at least 4 members (excludes halogenated alkanes) is 1. The lowest BCUT2D eigenvalue weighted by Crippen LogP contribution is -2.03. The highest BCUT2D eigenvalue weighted by Gasteiger charge is 2.04. The summed E-state index contributed by atoms with van der Waals surface area (Å²) in [7, 11) is 0. The Kier molecular flexibility index (Phi) is 4.81. The number of rotatable bonds is 5. The molecule has 2 heteroatoms. The Bertz CT molecular complexity index is 256. The van der Waals surface area contributed by atoms with Crippen LogP contribution in [0.4, 0.5) is 5.69 Å². The molecule has 0 aliphatic carbocycles. The monoisotopic (exact) mass is 211 g/mol. The van der Waals surface area contributed by atoms with Gasteiger partial charge in [0, 0.05) is 11.1 Å². The molecular weight excluding hydrogens is 194 g/mol. The molecule has 0 radical (unpaired) electrons. The fraction of sp³-hybridized carbons (Fsp3) is 0.500. The van der Waals surface area contributed by atoms with Gasteiger partial charge in [0.05, 0.1) is 0 Å². The van der Waals surface area contributed by atoms with Crippen molar-refractivity contribution in [3.05, 3.63) is 29.8 Å². The quantitative estimate of drug-likeness (QED) is 0.585. The third-order valence-corrected chi connectivity index (χ3v) is 2.68. The SMILES string of the molecule is CCCCC(Cl)Cc1ccc(N)cc1. The normalized spacial score (nSPS) is 12.7. The molecule has 1 rings (SSSR count). The third-order valence-electron chi connectivity index (χ3n) is 2.31. The van der Waals surface area contributed by atoms with Crippen LogP contribution in [-0.4, -0.2) is 5.38 Å². The predicted molar refractivity (Wildman–Crippen MR) is 63.7 cm³/mol. The van der Waals surface area contributed by atoms with Gasteiger partial charge in [0.2, 0.25) is 0 Å². The molecule has 0 saturated carbocycles. The molecular formula is C12H18ClN. The number of nitrogen functional groups attached to an aromatic ring is 1. The van der Waals surface area contributed by atoms with Crippen LogP contribution in [0.3, 0.4) is 0 Å². The Balaban J connectivity index is 2.39. The van der Waals surface area contributed by atoms with Gasteiger partial charge in [-0.3, -0.25) is 0 Å². The van der Waals surface area contributed by atoms with Crippen LogP contribution in [0.25, 0.3) is 0 Å². The van der Waals surface area contributed by atoms with Crippen molar-refractivity contribution in [1.29, 1.82) is 0 Å². The van der Waals surface area contributed by atoms with E-state index in [9.17, 15) is 0 Å². The van der Waals surface area contributed by atoms with E-state index < -0.39 is 0 Å². The number of hydrogen-bond donors (Lipinski definition) is 1. The molecule has 0 saturated heterocycles. The maximum Gasteiger partial charge on any atom is 0.0376 e. The molecule has 0 amide bonds. The lowest BCUT2D eigenvalue weighted by atomic mass is 10.1. The van der Waals surface area contributed by atoms with Crippen molar-refractivity contribution in [3.63, 3.8) is 0 Å². The second-order valence-electron chi connectivity index (χ2n) is 3.69. The highest BCUT2D eigenvalue weighted by molar-refractivity contribution is 6.20. The zero-order valence-corrected chi connectivity index (χ0v) is 9.43. The first-order chi connectivity index (χ1) is 6.72. The molecule has 0 aliphatic heterocycles. The standard InChI is InChI=1S/C12H18ClN/c1-2-3-4-11(13)9-10-5-7-12(14)8-6-10/h5-8,11H,2-4,9,14H2,1H3. The summed E-state index contributed by atoms with van der Waals surface area (Å²) in [6.07, 6.45) is 4.47. The fourth-order valence-corrected chi connectivity index (χ4v) is 1.77. The Hall–Kier alpha value is -0.690. The summed E-state index contributed by atoms with van der Waals surface area (Å²) in [6, 6.07) is 7.96. The number of anilines is 1. The predicted octanol–water partition coefficient (Wildman–Crippen LogP) is 3.61. The Labute approximate surface area is 91.3 Å². The summed E-state index contributed by atoms with van der Waals surface area (Å²) < 4.78 is 0. The van der Waals surface area contributed by atoms with Crippen molar-refractivity contribution < 1.29 is 0 Å². The summed E-state index contributed by atoms with van der Waals surface area (Å²) in [6.45, 7) is 2.19. The minimum Gasteiger partial charge on any atom is -0.399 e. The first-order valence-corrected chi connectivity index (χ1v) is 5.64. The van der Waals surface area contributed by atoms with E-state index in [1.54, 1.807) is 0 Å². The van der Waals surface area contributed by atoms with E-state index in [1.807, 2.05) is 12.1 Å². The van der Waals surface area contributed by atoms with Crippen LogP contribution in [0.15, 0.2) is 24.3 Å². The Morgan fingerprint density at radius 1 is 1.29 bits per heavy atom. The van der Waals surface area contributed by atoms with Crippen LogP contribution in [0.5, 0.6) is 0 Å². The minimum atomic E-state index is 0.263. The third kappa shape index (κ3) is 4.01. The molecule has 1 atom stereocenters. The highest BCUT2D eigenvalue weighted by atomic mass is 35.5. The zero-order chi connectivity index (χ0) is 10.4. The fourth-order valence-electron chi connectivity index (χ4n) is 1.44. The minimum absolute atomic E-state index is 0.263. The second-order valence-corrected chi connectivity index (χ2v) is 4.30. The average Bonchev–Trinajstić information content (AvgIpc) is 2.18. The summed E-state index contributed by atoms with van der Waals surface area (Å²) in [5, 5.41) is 0.263. The van der Waals surface area contributed by atoms with Gasteiger partial charge in [-0.1, -0.05) is 31.9 Å². The van der Waals surface area contributed by atoms with Crippen LogP contribution < -0.4 is 5.73 Å². The maximum atomic E-state index is 6.20. The number of halogens is 1. The summed E-state index contributed by atoms with van der Waals surface area (Å²) in [5.41, 5.74) is 7.69. The molecule has 0 heterocycles. The number of benzene rings is 1. The topological polar surface area (TPSA) is 26.0 Å². The van der Waals surface area contributed by atoms with Crippen LogP contribution in [0.2, 0.25) is 0 Å². The smallest absolute Gasteiger partial charge is 0.0376 e. The van der Waals surface area contributed by atoms with Crippen molar-refractivity contribution >= 4 is 17.3 Å². The largest absolute Gasteiger partial charge is 0.399 e. The molecule has 0 aromatic heterocycles. The van der Waals surface area contributed by atoms with E-state index >= 15 is 0 Å². The molecule has 0 bridgehead atoms. The molecule has 0 aliphatic rings. The summed E-state index contributed by atoms with van der Waals surface area (Å²) >= 11 is 6.20. The molecule has 0 fully saturated rings. The Morgan fingerprint density at radius 3 is 2.50 bits per heavy atom. The van der Waals surface area contributed by atoms with Gasteiger partial charge in [0.15, 0.2) is 0 Å². The van der Waals surface area contributed by atoms with Crippen molar-refractivity contribution in [2.45, 2.75) is 38.0 Å². The molecule has 1 nitrogen and oxygen atoms in total. The first kappa shape index (κ1) is 11.4. The van der Waals surface area contributed by atoms with Crippen molar-refractivity contribution in [3.8, 4) is 0 Å². The average molecular weight is 212 g/mol. The van der Waals surface area contributed by atoms with E-state index in [0.717, 1.165) is 18.5 Å². The molecule has 1 aromatic rings. The van der Waals surface area contributed by atoms with Crippen LogP contribution in [0.1, 0.15) is 31.7 Å². The van der Waals surface area contributed by atoms with E-state index in [0.29, 0.717) is 0 Å². The number of nitrogens with two attached hydrogens (primary N) is 1.